The van der Waals surface area contributed by atoms with E-state index >= 15 is 0 Å². The van der Waals surface area contributed by atoms with Gasteiger partial charge >= 0.3 is 29.6 Å². The number of phenolic OH excluding ortho intramolecular Hbond substituents is 1. The van der Waals surface area contributed by atoms with Crippen molar-refractivity contribution in [3.8, 4) is 5.75 Å². The molecule has 6 heteroatoms. The molecule has 0 bridgehead atoms. The van der Waals surface area contributed by atoms with Crippen molar-refractivity contribution in [1.29, 1.82) is 0 Å². The SMILES string of the molecule is Oc1cc(Cl)c(Cl)c(Cl)c1Cl.[NaH]. The van der Waals surface area contributed by atoms with E-state index in [1.807, 2.05) is 0 Å². The van der Waals surface area contributed by atoms with Crippen molar-refractivity contribution >= 4 is 76.0 Å². The molecule has 0 amide bonds. The van der Waals surface area contributed by atoms with E-state index in [1.165, 1.54) is 6.07 Å². The summed E-state index contributed by atoms with van der Waals surface area (Å²) in [5, 5.41) is 9.46. The van der Waals surface area contributed by atoms with Crippen molar-refractivity contribution < 1.29 is 5.11 Å². The quantitative estimate of drug-likeness (QED) is 0.428. The fourth-order valence-corrected chi connectivity index (χ4v) is 1.35. The van der Waals surface area contributed by atoms with Crippen LogP contribution < -0.4 is 0 Å². The van der Waals surface area contributed by atoms with Gasteiger partial charge in [0.1, 0.15) is 10.8 Å². The molecular formula is C6H3Cl4NaO. The number of benzene rings is 1. The van der Waals surface area contributed by atoms with Gasteiger partial charge in [-0.15, -0.1) is 0 Å². The molecule has 0 aliphatic rings. The van der Waals surface area contributed by atoms with Gasteiger partial charge in [0.2, 0.25) is 0 Å². The van der Waals surface area contributed by atoms with E-state index in [1.54, 1.807) is 0 Å². The molecule has 1 rings (SSSR count). The Balaban J connectivity index is 0.00000121. The van der Waals surface area contributed by atoms with Crippen LogP contribution in [0.5, 0.6) is 5.75 Å². The molecule has 12 heavy (non-hydrogen) atoms. The van der Waals surface area contributed by atoms with Gasteiger partial charge in [0, 0.05) is 6.07 Å². The van der Waals surface area contributed by atoms with Gasteiger partial charge < -0.3 is 5.11 Å². The van der Waals surface area contributed by atoms with Crippen LogP contribution in [-0.4, -0.2) is 34.7 Å². The van der Waals surface area contributed by atoms with Crippen LogP contribution in [-0.2, 0) is 0 Å². The standard InChI is InChI=1S/C6H2Cl4O.Na.H/c7-2-1-3(11)5(9)6(10)4(2)8;;/h1,11H;;. The Labute approximate surface area is 112 Å². The van der Waals surface area contributed by atoms with Gasteiger partial charge in [0.15, 0.2) is 0 Å². The Hall–Kier alpha value is 1.18. The van der Waals surface area contributed by atoms with Gasteiger partial charge in [0.25, 0.3) is 0 Å². The van der Waals surface area contributed by atoms with Crippen LogP contribution in [0.2, 0.25) is 20.1 Å². The molecular weight excluding hydrogens is 253 g/mol. The summed E-state index contributed by atoms with van der Waals surface area (Å²) in [6.07, 6.45) is 0. The molecule has 0 unspecified atom stereocenters. The van der Waals surface area contributed by atoms with Crippen LogP contribution in [0.4, 0.5) is 0 Å². The Morgan fingerprint density at radius 3 is 1.92 bits per heavy atom. The Bertz CT molecular complexity index is 276. The van der Waals surface area contributed by atoms with Crippen molar-refractivity contribution in [2.45, 2.75) is 0 Å². The summed E-state index contributed by atoms with van der Waals surface area (Å²) in [7, 11) is 0. The molecule has 0 spiro atoms. The molecule has 0 heterocycles. The molecule has 1 nitrogen and oxygen atoms in total. The molecule has 0 aliphatic carbocycles. The summed E-state index contributed by atoms with van der Waals surface area (Å²) in [4.78, 5) is 0. The monoisotopic (exact) mass is 254 g/mol. The summed E-state index contributed by atoms with van der Waals surface area (Å²) >= 11 is 22.3. The molecule has 0 atom stereocenters. The summed E-state index contributed by atoms with van der Waals surface area (Å²) < 4.78 is 0. The van der Waals surface area contributed by atoms with E-state index in [0.717, 1.165) is 0 Å². The summed E-state index contributed by atoms with van der Waals surface area (Å²) in [6, 6.07) is 1.23. The molecule has 0 saturated carbocycles. The van der Waals surface area contributed by atoms with Gasteiger partial charge in [-0.05, 0) is 0 Å². The molecule has 0 radical (unpaired) electrons. The second-order valence-corrected chi connectivity index (χ2v) is 3.36. The maximum absolute atomic E-state index is 9.05. The topological polar surface area (TPSA) is 20.2 Å². The average molecular weight is 256 g/mol. The molecule has 62 valence electrons. The van der Waals surface area contributed by atoms with Gasteiger partial charge in [-0.25, -0.2) is 0 Å². The van der Waals surface area contributed by atoms with E-state index in [9.17, 15) is 0 Å². The van der Waals surface area contributed by atoms with Gasteiger partial charge in [-0.2, -0.15) is 0 Å². The number of aromatic hydroxyl groups is 1. The number of phenols is 1. The zero-order valence-electron chi connectivity index (χ0n) is 5.04. The van der Waals surface area contributed by atoms with Crippen molar-refractivity contribution in [2.24, 2.45) is 0 Å². The van der Waals surface area contributed by atoms with Gasteiger partial charge in [-0.3, -0.25) is 0 Å². The first-order valence-corrected chi connectivity index (χ1v) is 4.07. The third kappa shape index (κ3) is 2.58. The summed E-state index contributed by atoms with van der Waals surface area (Å²) in [5.41, 5.74) is 0. The van der Waals surface area contributed by atoms with Crippen LogP contribution in [0, 0.1) is 0 Å². The summed E-state index contributed by atoms with van der Waals surface area (Å²) in [5.74, 6) is -0.175. The number of hydrogen-bond donors (Lipinski definition) is 1. The first-order valence-electron chi connectivity index (χ1n) is 2.56. The van der Waals surface area contributed by atoms with Crippen LogP contribution in [0.3, 0.4) is 0 Å². The molecule has 0 aromatic heterocycles. The molecule has 1 aromatic rings. The van der Waals surface area contributed by atoms with E-state index in [4.69, 9.17) is 51.5 Å². The third-order valence-electron chi connectivity index (χ3n) is 1.08. The van der Waals surface area contributed by atoms with Gasteiger partial charge in [-0.1, -0.05) is 46.4 Å². The normalized spacial score (nSPS) is 9.33. The fourth-order valence-electron chi connectivity index (χ4n) is 0.560. The second kappa shape index (κ2) is 5.16. The first-order chi connectivity index (χ1) is 5.04. The fraction of sp³-hybridized carbons (Fsp3) is 0. The van der Waals surface area contributed by atoms with Crippen molar-refractivity contribution in [1.82, 2.24) is 0 Å². The molecule has 0 fully saturated rings. The zero-order valence-corrected chi connectivity index (χ0v) is 8.06. The minimum absolute atomic E-state index is 0. The Morgan fingerprint density at radius 1 is 0.917 bits per heavy atom. The molecule has 0 saturated heterocycles. The third-order valence-corrected chi connectivity index (χ3v) is 2.82. The average Bonchev–Trinajstić information content (AvgIpc) is 1.97. The van der Waals surface area contributed by atoms with Crippen molar-refractivity contribution in [3.05, 3.63) is 26.2 Å². The molecule has 1 aromatic carbocycles. The van der Waals surface area contributed by atoms with E-state index in [0.29, 0.717) is 0 Å². The van der Waals surface area contributed by atoms with Crippen LogP contribution >= 0.6 is 46.4 Å². The van der Waals surface area contributed by atoms with Crippen molar-refractivity contribution in [3.63, 3.8) is 0 Å². The van der Waals surface area contributed by atoms with Crippen LogP contribution in [0.15, 0.2) is 6.07 Å². The van der Waals surface area contributed by atoms with E-state index in [-0.39, 0.29) is 55.4 Å². The Kier molecular flexibility index (Phi) is 5.67. The van der Waals surface area contributed by atoms with Crippen LogP contribution in [0.25, 0.3) is 0 Å². The number of hydrogen-bond acceptors (Lipinski definition) is 1. The van der Waals surface area contributed by atoms with Crippen molar-refractivity contribution in [2.75, 3.05) is 0 Å². The van der Waals surface area contributed by atoms with E-state index < -0.39 is 0 Å². The maximum atomic E-state index is 9.05. The number of rotatable bonds is 0. The molecule has 1 N–H and O–H groups in total. The minimum atomic E-state index is -0.175. The van der Waals surface area contributed by atoms with Crippen LogP contribution in [0.1, 0.15) is 0 Å². The predicted octanol–water partition coefficient (Wildman–Crippen LogP) is 3.36. The predicted molar refractivity (Wildman–Crippen MR) is 55.3 cm³/mol. The molecule has 0 aliphatic heterocycles. The zero-order chi connectivity index (χ0) is 8.59. The Morgan fingerprint density at radius 2 is 1.42 bits per heavy atom. The van der Waals surface area contributed by atoms with Gasteiger partial charge in [0.05, 0.1) is 15.1 Å². The van der Waals surface area contributed by atoms with E-state index in [2.05, 4.69) is 0 Å². The number of halogens is 4. The second-order valence-electron chi connectivity index (χ2n) is 1.82. The summed E-state index contributed by atoms with van der Waals surface area (Å²) in [6.45, 7) is 0. The first kappa shape index (κ1) is 13.2.